The Morgan fingerprint density at radius 3 is 2.67 bits per heavy atom. The molecule has 2 aliphatic rings. The molecule has 186 valence electrons. The van der Waals surface area contributed by atoms with Crippen LogP contribution in [-0.2, 0) is 16.1 Å². The van der Waals surface area contributed by atoms with Crippen molar-refractivity contribution in [3.63, 3.8) is 0 Å². The number of likely N-dealkylation sites (tertiary alicyclic amines) is 1. The first-order valence-corrected chi connectivity index (χ1v) is 11.5. The summed E-state index contributed by atoms with van der Waals surface area (Å²) in [6.45, 7) is 1.64. The minimum absolute atomic E-state index is 0.0490. The molecule has 2 aliphatic heterocycles. The summed E-state index contributed by atoms with van der Waals surface area (Å²) >= 11 is 0. The zero-order valence-electron chi connectivity index (χ0n) is 19.6. The molecule has 5 rings (SSSR count). The van der Waals surface area contributed by atoms with Gasteiger partial charge in [0.2, 0.25) is 0 Å². The monoisotopic (exact) mass is 491 g/mol. The van der Waals surface area contributed by atoms with Crippen molar-refractivity contribution in [2.75, 3.05) is 26.9 Å². The van der Waals surface area contributed by atoms with Crippen LogP contribution in [0.15, 0.2) is 60.7 Å². The number of hydrogen-bond donors (Lipinski definition) is 2. The van der Waals surface area contributed by atoms with Gasteiger partial charge in [-0.05, 0) is 42.3 Å². The molecule has 3 heterocycles. The number of phenolic OH excluding ortho intramolecular Hbond substituents is 1. The van der Waals surface area contributed by atoms with Crippen LogP contribution in [0.25, 0.3) is 5.76 Å². The third kappa shape index (κ3) is 4.21. The van der Waals surface area contributed by atoms with Gasteiger partial charge in [0.1, 0.15) is 19.0 Å². The lowest BCUT2D eigenvalue weighted by atomic mass is 9.94. The van der Waals surface area contributed by atoms with E-state index in [1.807, 2.05) is 10.8 Å². The van der Waals surface area contributed by atoms with Crippen LogP contribution < -0.4 is 14.2 Å². The van der Waals surface area contributed by atoms with Gasteiger partial charge in [-0.3, -0.25) is 9.59 Å². The number of methoxy groups -OCH3 is 1. The number of aliphatic hydroxyl groups is 1. The summed E-state index contributed by atoms with van der Waals surface area (Å²) in [6, 6.07) is 8.58. The molecule has 2 aromatic carbocycles. The molecule has 1 fully saturated rings. The average molecular weight is 492 g/mol. The number of benzene rings is 2. The van der Waals surface area contributed by atoms with Crippen LogP contribution in [0, 0.1) is 0 Å². The van der Waals surface area contributed by atoms with Crippen molar-refractivity contribution in [1.29, 1.82) is 0 Å². The second kappa shape index (κ2) is 9.65. The molecule has 0 saturated carbocycles. The largest absolute Gasteiger partial charge is 0.507 e. The van der Waals surface area contributed by atoms with Crippen molar-refractivity contribution in [3.05, 3.63) is 71.8 Å². The molecule has 3 aromatic rings. The van der Waals surface area contributed by atoms with E-state index in [0.717, 1.165) is 0 Å². The summed E-state index contributed by atoms with van der Waals surface area (Å²) < 4.78 is 18.3. The Morgan fingerprint density at radius 1 is 1.11 bits per heavy atom. The van der Waals surface area contributed by atoms with Gasteiger partial charge >= 0.3 is 0 Å². The predicted octanol–water partition coefficient (Wildman–Crippen LogP) is 2.88. The molecule has 1 aromatic heterocycles. The minimum Gasteiger partial charge on any atom is -0.507 e. The maximum absolute atomic E-state index is 13.3. The maximum Gasteiger partial charge on any atom is 0.295 e. The quantitative estimate of drug-likeness (QED) is 0.294. The highest BCUT2D eigenvalue weighted by molar-refractivity contribution is 6.46. The molecular weight excluding hydrogens is 466 g/mol. The summed E-state index contributed by atoms with van der Waals surface area (Å²) in [5, 5.41) is 21.4. The van der Waals surface area contributed by atoms with Crippen molar-refractivity contribution >= 4 is 17.4 Å². The molecule has 1 amide bonds. The molecule has 0 radical (unpaired) electrons. The lowest BCUT2D eigenvalue weighted by Crippen LogP contribution is -2.31. The number of amides is 1. The maximum atomic E-state index is 13.3. The van der Waals surface area contributed by atoms with Crippen LogP contribution in [-0.4, -0.2) is 63.2 Å². The van der Waals surface area contributed by atoms with Gasteiger partial charge in [-0.15, -0.1) is 0 Å². The molecular formula is C26H25N3O7. The molecule has 1 atom stereocenters. The number of imidazole rings is 1. The van der Waals surface area contributed by atoms with E-state index in [-0.39, 0.29) is 29.4 Å². The lowest BCUT2D eigenvalue weighted by molar-refractivity contribution is -0.139. The molecule has 2 N–H and O–H groups in total. The van der Waals surface area contributed by atoms with Crippen molar-refractivity contribution < 1.29 is 34.0 Å². The van der Waals surface area contributed by atoms with Crippen LogP contribution in [0.1, 0.15) is 23.6 Å². The van der Waals surface area contributed by atoms with Crippen LogP contribution in [0.2, 0.25) is 0 Å². The smallest absolute Gasteiger partial charge is 0.295 e. The highest BCUT2D eigenvalue weighted by atomic mass is 16.6. The number of nitrogens with zero attached hydrogens (tertiary/aromatic N) is 3. The Balaban J connectivity index is 1.56. The van der Waals surface area contributed by atoms with Gasteiger partial charge < -0.3 is 33.9 Å². The fraction of sp³-hybridized carbons (Fsp3) is 0.269. The molecule has 10 heteroatoms. The van der Waals surface area contributed by atoms with Crippen molar-refractivity contribution in [3.8, 4) is 23.0 Å². The van der Waals surface area contributed by atoms with Gasteiger partial charge in [-0.25, -0.2) is 4.98 Å². The number of rotatable bonds is 7. The zero-order chi connectivity index (χ0) is 25.2. The second-order valence-corrected chi connectivity index (χ2v) is 8.44. The van der Waals surface area contributed by atoms with Gasteiger partial charge in [0, 0.05) is 31.0 Å². The van der Waals surface area contributed by atoms with E-state index in [1.54, 1.807) is 42.9 Å². The van der Waals surface area contributed by atoms with Gasteiger partial charge in [0.05, 0.1) is 25.1 Å². The SMILES string of the molecule is COc1cc(C2C(=C(O)c3ccc4c(c3)OCCO4)C(=O)C(=O)N2CCCn2ccnc2)ccc1O. The fourth-order valence-corrected chi connectivity index (χ4v) is 4.51. The first-order chi connectivity index (χ1) is 17.5. The first kappa shape index (κ1) is 23.3. The van der Waals surface area contributed by atoms with Crippen LogP contribution in [0.4, 0.5) is 0 Å². The van der Waals surface area contributed by atoms with Gasteiger partial charge in [-0.1, -0.05) is 6.07 Å². The van der Waals surface area contributed by atoms with Crippen molar-refractivity contribution in [1.82, 2.24) is 14.5 Å². The second-order valence-electron chi connectivity index (χ2n) is 8.44. The predicted molar refractivity (Wildman–Crippen MR) is 128 cm³/mol. The lowest BCUT2D eigenvalue weighted by Gasteiger charge is -2.26. The molecule has 0 spiro atoms. The highest BCUT2D eigenvalue weighted by Gasteiger charge is 2.46. The van der Waals surface area contributed by atoms with Crippen LogP contribution >= 0.6 is 0 Å². The molecule has 10 nitrogen and oxygen atoms in total. The van der Waals surface area contributed by atoms with E-state index in [9.17, 15) is 19.8 Å². The number of Topliss-reactive ketones (excluding diaryl/α,β-unsaturated/α-hetero) is 1. The number of ether oxygens (including phenoxy) is 3. The van der Waals surface area contributed by atoms with Crippen LogP contribution in [0.3, 0.4) is 0 Å². The normalized spacial score (nSPS) is 18.5. The van der Waals surface area contributed by atoms with Gasteiger partial charge in [0.15, 0.2) is 23.0 Å². The Hall–Kier alpha value is -4.47. The van der Waals surface area contributed by atoms with Crippen LogP contribution in [0.5, 0.6) is 23.0 Å². The van der Waals surface area contributed by atoms with E-state index in [1.165, 1.54) is 18.1 Å². The Morgan fingerprint density at radius 2 is 1.92 bits per heavy atom. The number of aliphatic hydroxyl groups excluding tert-OH is 1. The van der Waals surface area contributed by atoms with Crippen molar-refractivity contribution in [2.45, 2.75) is 19.0 Å². The topological polar surface area (TPSA) is 123 Å². The number of carbonyl (C=O) groups is 2. The Kier molecular flexibility index (Phi) is 6.24. The molecule has 1 unspecified atom stereocenters. The summed E-state index contributed by atoms with van der Waals surface area (Å²) in [6.07, 6.45) is 5.72. The minimum atomic E-state index is -0.879. The number of hydrogen-bond acceptors (Lipinski definition) is 8. The van der Waals surface area contributed by atoms with E-state index < -0.39 is 17.7 Å². The third-order valence-corrected chi connectivity index (χ3v) is 6.25. The molecule has 0 aliphatic carbocycles. The van der Waals surface area contributed by atoms with E-state index in [0.29, 0.717) is 48.8 Å². The summed E-state index contributed by atoms with van der Waals surface area (Å²) in [5.41, 5.74) is 0.795. The number of aromatic hydroxyl groups is 1. The number of carbonyl (C=O) groups excluding carboxylic acids is 2. The summed E-state index contributed by atoms with van der Waals surface area (Å²) in [4.78, 5) is 31.9. The number of aryl methyl sites for hydroxylation is 1. The van der Waals surface area contributed by atoms with Gasteiger partial charge in [0.25, 0.3) is 11.7 Å². The van der Waals surface area contributed by atoms with E-state index >= 15 is 0 Å². The number of ketones is 1. The fourth-order valence-electron chi connectivity index (χ4n) is 4.51. The number of aromatic nitrogens is 2. The zero-order valence-corrected chi connectivity index (χ0v) is 19.6. The first-order valence-electron chi connectivity index (χ1n) is 11.5. The Labute approximate surface area is 207 Å². The summed E-state index contributed by atoms with van der Waals surface area (Å²) in [7, 11) is 1.41. The van der Waals surface area contributed by atoms with E-state index in [2.05, 4.69) is 4.98 Å². The molecule has 1 saturated heterocycles. The third-order valence-electron chi connectivity index (χ3n) is 6.25. The highest BCUT2D eigenvalue weighted by Crippen LogP contribution is 2.43. The number of fused-ring (bicyclic) bond motifs is 1. The summed E-state index contributed by atoms with van der Waals surface area (Å²) in [5.74, 6) is -0.723. The molecule has 0 bridgehead atoms. The van der Waals surface area contributed by atoms with Crippen molar-refractivity contribution in [2.24, 2.45) is 0 Å². The average Bonchev–Trinajstić information content (AvgIpc) is 3.50. The Bertz CT molecular complexity index is 1330. The standard InChI is InChI=1S/C26H25N3O7/c1-34-20-13-16(3-5-18(20)30)23-22(24(31)17-4-6-19-21(14-17)36-12-11-35-19)25(32)26(33)29(23)9-2-8-28-10-7-27-15-28/h3-7,10,13-15,23,30-31H,2,8-9,11-12H2,1H3. The number of phenols is 1. The van der Waals surface area contributed by atoms with E-state index in [4.69, 9.17) is 14.2 Å². The van der Waals surface area contributed by atoms with Gasteiger partial charge in [-0.2, -0.15) is 0 Å². The molecule has 36 heavy (non-hydrogen) atoms.